The van der Waals surface area contributed by atoms with Gasteiger partial charge in [0.2, 0.25) is 5.91 Å². The van der Waals surface area contributed by atoms with Crippen LogP contribution in [-0.2, 0) is 4.79 Å². The third-order valence-corrected chi connectivity index (χ3v) is 3.17. The lowest BCUT2D eigenvalue weighted by atomic mass is 10.3. The fourth-order valence-electron chi connectivity index (χ4n) is 1.86. The molecule has 2 aromatic rings. The molecule has 1 amide bonds. The van der Waals surface area contributed by atoms with Gasteiger partial charge in [-0.3, -0.25) is 4.79 Å². The van der Waals surface area contributed by atoms with Crippen molar-refractivity contribution >= 4 is 23.1 Å². The average Bonchev–Trinajstić information content (AvgIpc) is 3.28. The van der Waals surface area contributed by atoms with E-state index in [2.05, 4.69) is 15.6 Å². The predicted octanol–water partition coefficient (Wildman–Crippen LogP) is 3.45. The van der Waals surface area contributed by atoms with Crippen molar-refractivity contribution < 1.29 is 13.6 Å². The molecule has 4 nitrogen and oxygen atoms in total. The molecule has 1 aromatic heterocycles. The van der Waals surface area contributed by atoms with Gasteiger partial charge in [0.1, 0.15) is 17.5 Å². The number of hydrogen-bond donors (Lipinski definition) is 2. The Balaban J connectivity index is 1.67. The smallest absolute Gasteiger partial charge is 0.228 e. The number of anilines is 3. The maximum atomic E-state index is 13.5. The van der Waals surface area contributed by atoms with E-state index in [1.807, 2.05) is 0 Å². The number of hydrogen-bond acceptors (Lipinski definition) is 3. The van der Waals surface area contributed by atoms with Gasteiger partial charge in [-0.2, -0.15) is 0 Å². The fraction of sp³-hybridized carbons (Fsp3) is 0.200. The van der Waals surface area contributed by atoms with E-state index in [1.165, 1.54) is 18.3 Å². The van der Waals surface area contributed by atoms with Crippen LogP contribution in [0.4, 0.5) is 26.0 Å². The molecule has 1 saturated carbocycles. The van der Waals surface area contributed by atoms with Gasteiger partial charge < -0.3 is 10.6 Å². The number of benzene rings is 1. The molecule has 0 atom stereocenters. The van der Waals surface area contributed by atoms with Crippen molar-refractivity contribution in [2.24, 2.45) is 5.92 Å². The molecule has 3 rings (SSSR count). The summed E-state index contributed by atoms with van der Waals surface area (Å²) >= 11 is 0. The van der Waals surface area contributed by atoms with E-state index >= 15 is 0 Å². The largest absolute Gasteiger partial charge is 0.352 e. The molecule has 108 valence electrons. The van der Waals surface area contributed by atoms with Crippen LogP contribution in [0.3, 0.4) is 0 Å². The zero-order chi connectivity index (χ0) is 14.8. The van der Waals surface area contributed by atoms with Crippen LogP contribution < -0.4 is 10.6 Å². The highest BCUT2D eigenvalue weighted by Gasteiger charge is 2.29. The Morgan fingerprint density at radius 1 is 1.19 bits per heavy atom. The summed E-state index contributed by atoms with van der Waals surface area (Å²) in [6.45, 7) is 0. The third kappa shape index (κ3) is 3.34. The van der Waals surface area contributed by atoms with Crippen LogP contribution in [0.25, 0.3) is 0 Å². The maximum absolute atomic E-state index is 13.5. The second-order valence-electron chi connectivity index (χ2n) is 4.94. The van der Waals surface area contributed by atoms with E-state index in [1.54, 1.807) is 12.1 Å². The quantitative estimate of drug-likeness (QED) is 0.906. The molecule has 1 aliphatic rings. The Hall–Kier alpha value is -2.50. The Kier molecular flexibility index (Phi) is 3.51. The summed E-state index contributed by atoms with van der Waals surface area (Å²) in [4.78, 5) is 15.7. The molecular formula is C15H13F2N3O. The molecule has 0 unspecified atom stereocenters. The van der Waals surface area contributed by atoms with E-state index < -0.39 is 11.6 Å². The first-order valence-electron chi connectivity index (χ1n) is 6.61. The average molecular weight is 289 g/mol. The van der Waals surface area contributed by atoms with Crippen molar-refractivity contribution in [1.29, 1.82) is 0 Å². The minimum absolute atomic E-state index is 0.0206. The number of halogens is 2. The lowest BCUT2D eigenvalue weighted by Gasteiger charge is -2.08. The molecule has 0 spiro atoms. The van der Waals surface area contributed by atoms with Crippen LogP contribution in [0.1, 0.15) is 12.8 Å². The number of aromatic nitrogens is 1. The van der Waals surface area contributed by atoms with Gasteiger partial charge in [0, 0.05) is 12.0 Å². The van der Waals surface area contributed by atoms with Crippen molar-refractivity contribution in [3.63, 3.8) is 0 Å². The van der Waals surface area contributed by atoms with Gasteiger partial charge in [-0.25, -0.2) is 13.8 Å². The lowest BCUT2D eigenvalue weighted by Crippen LogP contribution is -2.14. The summed E-state index contributed by atoms with van der Waals surface area (Å²) in [5.41, 5.74) is 0.706. The Morgan fingerprint density at radius 2 is 2.00 bits per heavy atom. The van der Waals surface area contributed by atoms with Gasteiger partial charge in [-0.1, -0.05) is 0 Å². The van der Waals surface area contributed by atoms with Gasteiger partial charge in [0.25, 0.3) is 0 Å². The highest BCUT2D eigenvalue weighted by Crippen LogP contribution is 2.30. The van der Waals surface area contributed by atoms with Crippen LogP contribution >= 0.6 is 0 Å². The number of nitrogens with one attached hydrogen (secondary N) is 2. The first kappa shape index (κ1) is 13.5. The van der Waals surface area contributed by atoms with Crippen LogP contribution in [0, 0.1) is 17.6 Å². The summed E-state index contributed by atoms with van der Waals surface area (Å²) in [6, 6.07) is 6.58. The molecular weight excluding hydrogens is 276 g/mol. The number of nitrogens with zero attached hydrogens (tertiary/aromatic N) is 1. The second-order valence-corrected chi connectivity index (χ2v) is 4.94. The van der Waals surface area contributed by atoms with Gasteiger partial charge in [-0.15, -0.1) is 0 Å². The Labute approximate surface area is 120 Å². The highest BCUT2D eigenvalue weighted by atomic mass is 19.1. The van der Waals surface area contributed by atoms with Gasteiger partial charge >= 0.3 is 0 Å². The first-order chi connectivity index (χ1) is 10.1. The zero-order valence-corrected chi connectivity index (χ0v) is 11.1. The lowest BCUT2D eigenvalue weighted by molar-refractivity contribution is -0.117. The summed E-state index contributed by atoms with van der Waals surface area (Å²) in [5, 5.41) is 5.51. The zero-order valence-electron chi connectivity index (χ0n) is 11.1. The summed E-state index contributed by atoms with van der Waals surface area (Å²) < 4.78 is 26.3. The van der Waals surface area contributed by atoms with Crippen LogP contribution in [-0.4, -0.2) is 10.9 Å². The molecule has 1 fully saturated rings. The third-order valence-electron chi connectivity index (χ3n) is 3.17. The van der Waals surface area contributed by atoms with E-state index in [0.29, 0.717) is 11.5 Å². The molecule has 2 N–H and O–H groups in total. The number of pyridine rings is 1. The number of carbonyl (C=O) groups excluding carboxylic acids is 1. The fourth-order valence-corrected chi connectivity index (χ4v) is 1.86. The Morgan fingerprint density at radius 3 is 2.62 bits per heavy atom. The summed E-state index contributed by atoms with van der Waals surface area (Å²) in [7, 11) is 0. The molecule has 0 bridgehead atoms. The molecule has 0 saturated heterocycles. The van der Waals surface area contributed by atoms with Gasteiger partial charge in [0.15, 0.2) is 0 Å². The van der Waals surface area contributed by atoms with Crippen molar-refractivity contribution in [3.05, 3.63) is 48.2 Å². The molecule has 21 heavy (non-hydrogen) atoms. The first-order valence-corrected chi connectivity index (χ1v) is 6.61. The minimum Gasteiger partial charge on any atom is -0.352 e. The van der Waals surface area contributed by atoms with Crippen molar-refractivity contribution in [1.82, 2.24) is 4.98 Å². The summed E-state index contributed by atoms with van der Waals surface area (Å²) in [5.74, 6) is -0.766. The normalized spacial score (nSPS) is 13.8. The van der Waals surface area contributed by atoms with Crippen LogP contribution in [0.15, 0.2) is 36.5 Å². The molecule has 1 heterocycles. The van der Waals surface area contributed by atoms with Crippen molar-refractivity contribution in [3.8, 4) is 0 Å². The van der Waals surface area contributed by atoms with Crippen LogP contribution in [0.2, 0.25) is 0 Å². The molecule has 1 aromatic carbocycles. The number of carbonyl (C=O) groups is 1. The molecule has 0 radical (unpaired) electrons. The predicted molar refractivity (Wildman–Crippen MR) is 75.2 cm³/mol. The Bertz CT molecular complexity index is 669. The van der Waals surface area contributed by atoms with Gasteiger partial charge in [0.05, 0.1) is 17.6 Å². The highest BCUT2D eigenvalue weighted by molar-refractivity contribution is 5.93. The van der Waals surface area contributed by atoms with Gasteiger partial charge in [-0.05, 0) is 37.1 Å². The second kappa shape index (κ2) is 5.47. The summed E-state index contributed by atoms with van der Waals surface area (Å²) in [6.07, 6.45) is 3.33. The van der Waals surface area contributed by atoms with E-state index in [0.717, 1.165) is 18.9 Å². The van der Waals surface area contributed by atoms with Crippen molar-refractivity contribution in [2.75, 3.05) is 10.6 Å². The molecule has 6 heteroatoms. The standard InChI is InChI=1S/C15H13F2N3O/c16-10-3-5-13(12(17)7-10)19-11-4-6-14(18-8-11)20-15(21)9-1-2-9/h3-9,19H,1-2H2,(H,18,20,21). The number of amides is 1. The van der Waals surface area contributed by atoms with E-state index in [4.69, 9.17) is 0 Å². The topological polar surface area (TPSA) is 54.0 Å². The number of rotatable bonds is 4. The maximum Gasteiger partial charge on any atom is 0.228 e. The van der Waals surface area contributed by atoms with Crippen LogP contribution in [0.5, 0.6) is 0 Å². The SMILES string of the molecule is O=C(Nc1ccc(Nc2ccc(F)cc2F)cn1)C1CC1. The molecule has 1 aliphatic carbocycles. The van der Waals surface area contributed by atoms with Crippen molar-refractivity contribution in [2.45, 2.75) is 12.8 Å². The molecule has 0 aliphatic heterocycles. The van der Waals surface area contributed by atoms with E-state index in [9.17, 15) is 13.6 Å². The van der Waals surface area contributed by atoms with E-state index in [-0.39, 0.29) is 17.5 Å². The monoisotopic (exact) mass is 289 g/mol. The minimum atomic E-state index is -0.680.